The minimum absolute atomic E-state index is 0. The summed E-state index contributed by atoms with van der Waals surface area (Å²) in [5.41, 5.74) is 1.91. The van der Waals surface area contributed by atoms with Crippen molar-refractivity contribution < 1.29 is 57.6 Å². The van der Waals surface area contributed by atoms with Gasteiger partial charge in [0.05, 0.1) is 68.7 Å². The summed E-state index contributed by atoms with van der Waals surface area (Å²) in [6.07, 6.45) is 8.52. The van der Waals surface area contributed by atoms with Gasteiger partial charge >= 0.3 is 0 Å². The fourth-order valence-electron chi connectivity index (χ4n) is 4.28. The Labute approximate surface area is 282 Å². The molecule has 2 aromatic carbocycles. The van der Waals surface area contributed by atoms with E-state index in [1.165, 1.54) is 0 Å². The molecule has 45 heavy (non-hydrogen) atoms. The second-order valence-electron chi connectivity index (χ2n) is 11.9. The molecule has 0 radical (unpaired) electrons. The standard InChI is InChI=1S/C34H50N4O5.2ClH/c1-37(2,23-7-21-35-33(39)19-13-29-9-15-31(41-5)16-10-29)25-27-43-28-26-38(3,4)24-8-22-36-34(40)20-14-30-11-17-32(42-6)18-12-30;;/h9-20H,7-8,21-28H2,1-6H3;2*1H/b19-13+,20-14+;;. The number of hydrogen-bond donors (Lipinski definition) is 2. The van der Waals surface area contributed by atoms with Crippen LogP contribution in [0.3, 0.4) is 0 Å². The molecule has 0 atom stereocenters. The van der Waals surface area contributed by atoms with Crippen molar-refractivity contribution in [2.24, 2.45) is 0 Å². The van der Waals surface area contributed by atoms with E-state index in [4.69, 9.17) is 14.2 Å². The number of hydrogen-bond acceptors (Lipinski definition) is 5. The monoisotopic (exact) mass is 666 g/mol. The van der Waals surface area contributed by atoms with Gasteiger partial charge in [-0.3, -0.25) is 9.59 Å². The molecule has 9 nitrogen and oxygen atoms in total. The summed E-state index contributed by atoms with van der Waals surface area (Å²) in [5.74, 6) is 1.41. The highest BCUT2D eigenvalue weighted by Gasteiger charge is 2.17. The first-order valence-electron chi connectivity index (χ1n) is 14.9. The Bertz CT molecular complexity index is 1080. The summed E-state index contributed by atoms with van der Waals surface area (Å²) in [7, 11) is 12.0. The fourth-order valence-corrected chi connectivity index (χ4v) is 4.28. The summed E-state index contributed by atoms with van der Waals surface area (Å²) in [5, 5.41) is 5.92. The molecule has 2 amide bonds. The summed E-state index contributed by atoms with van der Waals surface area (Å²) >= 11 is 0. The number of quaternary nitrogens is 2. The lowest BCUT2D eigenvalue weighted by atomic mass is 10.2. The molecule has 0 aliphatic carbocycles. The number of benzene rings is 2. The van der Waals surface area contributed by atoms with Crippen LogP contribution in [-0.2, 0) is 14.3 Å². The van der Waals surface area contributed by atoms with E-state index in [9.17, 15) is 9.59 Å². The molecule has 0 saturated heterocycles. The van der Waals surface area contributed by atoms with Crippen LogP contribution in [0.15, 0.2) is 60.7 Å². The van der Waals surface area contributed by atoms with Gasteiger partial charge in [0.1, 0.15) is 24.6 Å². The number of ether oxygens (including phenoxy) is 3. The third-order valence-electron chi connectivity index (χ3n) is 7.25. The first-order valence-corrected chi connectivity index (χ1v) is 14.9. The Hall–Kier alpha value is -3.08. The number of halogens is 2. The molecule has 0 fully saturated rings. The molecule has 0 aromatic heterocycles. The van der Waals surface area contributed by atoms with Crippen molar-refractivity contribution in [1.82, 2.24) is 10.6 Å². The summed E-state index contributed by atoms with van der Waals surface area (Å²) < 4.78 is 17.9. The maximum absolute atomic E-state index is 12.1. The Kier molecular flexibility index (Phi) is 20.9. The molecule has 0 aliphatic rings. The zero-order valence-electron chi connectivity index (χ0n) is 27.7. The smallest absolute Gasteiger partial charge is 0.244 e. The number of nitrogens with one attached hydrogen (secondary N) is 2. The maximum Gasteiger partial charge on any atom is 0.244 e. The van der Waals surface area contributed by atoms with E-state index >= 15 is 0 Å². The van der Waals surface area contributed by atoms with Gasteiger partial charge in [-0.1, -0.05) is 24.3 Å². The van der Waals surface area contributed by atoms with E-state index in [1.807, 2.05) is 48.5 Å². The van der Waals surface area contributed by atoms with E-state index in [1.54, 1.807) is 38.5 Å². The fraction of sp³-hybridized carbons (Fsp3) is 0.471. The van der Waals surface area contributed by atoms with Gasteiger partial charge in [-0.2, -0.15) is 0 Å². The van der Waals surface area contributed by atoms with Crippen LogP contribution in [0, 0.1) is 0 Å². The third-order valence-corrected chi connectivity index (χ3v) is 7.25. The molecule has 0 heterocycles. The highest BCUT2D eigenvalue weighted by atomic mass is 35.5. The number of amides is 2. The molecule has 0 aliphatic heterocycles. The third kappa shape index (κ3) is 19.1. The van der Waals surface area contributed by atoms with Gasteiger partial charge in [0, 0.05) is 38.1 Å². The number of carbonyl (C=O) groups excluding carboxylic acids is 2. The number of likely N-dealkylation sites (N-methyl/N-ethyl adjacent to an activating group) is 2. The van der Waals surface area contributed by atoms with Crippen LogP contribution in [0.5, 0.6) is 11.5 Å². The SMILES string of the molecule is COc1ccc(/C=C/C(=O)NCCC[N+](C)(C)CCOCC[N+](C)(C)CCCNC(=O)/C=C/c2ccc(OC)cc2)cc1.[Cl-].[Cl-]. The van der Waals surface area contributed by atoms with Crippen molar-refractivity contribution in [3.05, 3.63) is 71.8 Å². The van der Waals surface area contributed by atoms with Crippen LogP contribution < -0.4 is 44.9 Å². The molecular formula is C34H52Cl2N4O5. The predicted molar refractivity (Wildman–Crippen MR) is 174 cm³/mol. The minimum atomic E-state index is -0.0888. The van der Waals surface area contributed by atoms with Crippen molar-refractivity contribution in [2.45, 2.75) is 12.8 Å². The topological polar surface area (TPSA) is 85.9 Å². The zero-order chi connectivity index (χ0) is 31.6. The second-order valence-corrected chi connectivity index (χ2v) is 11.9. The Morgan fingerprint density at radius 1 is 0.622 bits per heavy atom. The van der Waals surface area contributed by atoms with Gasteiger partial charge in [0.25, 0.3) is 0 Å². The summed E-state index contributed by atoms with van der Waals surface area (Å²) in [6.45, 7) is 6.40. The molecule has 0 spiro atoms. The van der Waals surface area contributed by atoms with Crippen LogP contribution in [0.25, 0.3) is 12.2 Å². The van der Waals surface area contributed by atoms with Crippen LogP contribution in [0.4, 0.5) is 0 Å². The molecule has 2 aromatic rings. The first kappa shape index (κ1) is 41.9. The molecule has 2 N–H and O–H groups in total. The molecule has 11 heteroatoms. The lowest BCUT2D eigenvalue weighted by Crippen LogP contribution is -3.00. The van der Waals surface area contributed by atoms with Gasteiger partial charge in [-0.25, -0.2) is 0 Å². The Morgan fingerprint density at radius 2 is 0.978 bits per heavy atom. The largest absolute Gasteiger partial charge is 1.00 e. The van der Waals surface area contributed by atoms with E-state index < -0.39 is 0 Å². The van der Waals surface area contributed by atoms with Gasteiger partial charge < -0.3 is 58.6 Å². The molecule has 0 saturated carbocycles. The predicted octanol–water partition coefficient (Wildman–Crippen LogP) is -2.38. The van der Waals surface area contributed by atoms with E-state index in [2.05, 4.69) is 38.8 Å². The van der Waals surface area contributed by atoms with E-state index in [-0.39, 0.29) is 36.6 Å². The summed E-state index contributed by atoms with van der Waals surface area (Å²) in [4.78, 5) is 24.2. The molecule has 0 unspecified atom stereocenters. The number of rotatable bonds is 20. The van der Waals surface area contributed by atoms with Gasteiger partial charge in [0.2, 0.25) is 11.8 Å². The molecule has 252 valence electrons. The van der Waals surface area contributed by atoms with Crippen LogP contribution >= 0.6 is 0 Å². The van der Waals surface area contributed by atoms with Crippen molar-refractivity contribution in [3.8, 4) is 11.5 Å². The molecular weight excluding hydrogens is 615 g/mol. The minimum Gasteiger partial charge on any atom is -1.00 e. The second kappa shape index (κ2) is 22.4. The highest BCUT2D eigenvalue weighted by molar-refractivity contribution is 5.92. The summed E-state index contributed by atoms with van der Waals surface area (Å²) in [6, 6.07) is 15.1. The first-order chi connectivity index (χ1) is 20.5. The normalized spacial score (nSPS) is 11.5. The van der Waals surface area contributed by atoms with Crippen LogP contribution in [0.2, 0.25) is 0 Å². The Morgan fingerprint density at radius 3 is 1.31 bits per heavy atom. The zero-order valence-corrected chi connectivity index (χ0v) is 29.2. The van der Waals surface area contributed by atoms with Crippen molar-refractivity contribution in [3.63, 3.8) is 0 Å². The van der Waals surface area contributed by atoms with Gasteiger partial charge in [-0.15, -0.1) is 0 Å². The number of methoxy groups -OCH3 is 2. The lowest BCUT2D eigenvalue weighted by Gasteiger charge is -2.31. The van der Waals surface area contributed by atoms with Crippen molar-refractivity contribution in [2.75, 3.05) is 94.9 Å². The maximum atomic E-state index is 12.1. The molecule has 2 rings (SSSR count). The van der Waals surface area contributed by atoms with Crippen molar-refractivity contribution in [1.29, 1.82) is 0 Å². The highest BCUT2D eigenvalue weighted by Crippen LogP contribution is 2.13. The van der Waals surface area contributed by atoms with E-state index in [0.29, 0.717) is 26.3 Å². The Balaban J connectivity index is 0.00000968. The molecule has 0 bridgehead atoms. The average Bonchev–Trinajstić information content (AvgIpc) is 2.99. The lowest BCUT2D eigenvalue weighted by molar-refractivity contribution is -0.894. The van der Waals surface area contributed by atoms with Gasteiger partial charge in [-0.05, 0) is 47.5 Å². The van der Waals surface area contributed by atoms with Crippen LogP contribution in [0.1, 0.15) is 24.0 Å². The quantitative estimate of drug-likeness (QED) is 0.0938. The van der Waals surface area contributed by atoms with Gasteiger partial charge in [0.15, 0.2) is 0 Å². The van der Waals surface area contributed by atoms with Crippen molar-refractivity contribution >= 4 is 24.0 Å². The van der Waals surface area contributed by atoms with E-state index in [0.717, 1.165) is 70.6 Å². The number of carbonyl (C=O) groups is 2. The number of nitrogens with zero attached hydrogens (tertiary/aromatic N) is 2. The average molecular weight is 668 g/mol. The van der Waals surface area contributed by atoms with Crippen LogP contribution in [-0.4, -0.2) is 116 Å².